The van der Waals surface area contributed by atoms with Crippen LogP contribution in [0.25, 0.3) is 28.0 Å². The van der Waals surface area contributed by atoms with Gasteiger partial charge in [0.25, 0.3) is 5.91 Å². The number of fused-ring (bicyclic) bond motifs is 3. The molecule has 1 aromatic heterocycles. The summed E-state index contributed by atoms with van der Waals surface area (Å²) in [5, 5.41) is 2.55. The third kappa shape index (κ3) is 2.52. The van der Waals surface area contributed by atoms with Gasteiger partial charge in [0.05, 0.1) is 0 Å². The number of hydrogen-bond donors (Lipinski definition) is 0. The van der Waals surface area contributed by atoms with Crippen LogP contribution in [-0.4, -0.2) is 23.0 Å². The highest BCUT2D eigenvalue weighted by molar-refractivity contribution is 7.80. The molecular formula is C23H16N2O2S. The molecule has 4 aromatic rings. The summed E-state index contributed by atoms with van der Waals surface area (Å²) in [6.45, 7) is 0. The molecule has 5 heteroatoms. The number of para-hydroxylation sites is 2. The van der Waals surface area contributed by atoms with Gasteiger partial charge in [-0.1, -0.05) is 42.5 Å². The Hall–Kier alpha value is -3.44. The van der Waals surface area contributed by atoms with Crippen LogP contribution < -0.4 is 4.90 Å². The maximum Gasteiger partial charge on any atom is 0.276 e. The smallest absolute Gasteiger partial charge is 0.276 e. The van der Waals surface area contributed by atoms with Crippen LogP contribution in [0.4, 0.5) is 5.69 Å². The first-order chi connectivity index (χ1) is 13.6. The second-order valence-electron chi connectivity index (χ2n) is 6.70. The van der Waals surface area contributed by atoms with E-state index in [2.05, 4.69) is 0 Å². The van der Waals surface area contributed by atoms with E-state index in [9.17, 15) is 4.79 Å². The van der Waals surface area contributed by atoms with Crippen LogP contribution in [0.1, 0.15) is 5.56 Å². The number of benzene rings is 3. The zero-order valence-corrected chi connectivity index (χ0v) is 15.9. The minimum absolute atomic E-state index is 0.119. The molecule has 0 unspecified atom stereocenters. The molecule has 1 aliphatic rings. The molecule has 0 saturated carbocycles. The van der Waals surface area contributed by atoms with Gasteiger partial charge in [0.2, 0.25) is 0 Å². The van der Waals surface area contributed by atoms with Gasteiger partial charge in [0.1, 0.15) is 16.9 Å². The van der Waals surface area contributed by atoms with Crippen molar-refractivity contribution < 1.29 is 9.21 Å². The van der Waals surface area contributed by atoms with E-state index in [4.69, 9.17) is 16.6 Å². The van der Waals surface area contributed by atoms with E-state index in [1.165, 1.54) is 4.90 Å². The van der Waals surface area contributed by atoms with Crippen LogP contribution in [-0.2, 0) is 4.79 Å². The summed E-state index contributed by atoms with van der Waals surface area (Å²) < 4.78 is 5.90. The molecule has 2 heterocycles. The number of rotatable bonds is 2. The summed E-state index contributed by atoms with van der Waals surface area (Å²) in [4.78, 5) is 16.2. The lowest BCUT2D eigenvalue weighted by atomic mass is 10.1. The summed E-state index contributed by atoms with van der Waals surface area (Å²) >= 11 is 5.52. The Morgan fingerprint density at radius 1 is 0.893 bits per heavy atom. The second kappa shape index (κ2) is 6.32. The second-order valence-corrected chi connectivity index (χ2v) is 7.07. The molecule has 1 aliphatic heterocycles. The lowest BCUT2D eigenvalue weighted by Gasteiger charge is -2.18. The van der Waals surface area contributed by atoms with Gasteiger partial charge < -0.3 is 4.42 Å². The summed E-state index contributed by atoms with van der Waals surface area (Å²) in [5.41, 5.74) is 4.00. The number of nitrogens with zero attached hydrogens (tertiary/aromatic N) is 2. The maximum absolute atomic E-state index is 12.8. The predicted molar refractivity (Wildman–Crippen MR) is 116 cm³/mol. The topological polar surface area (TPSA) is 36.7 Å². The Balaban J connectivity index is 1.66. The lowest BCUT2D eigenvalue weighted by Crippen LogP contribution is -2.29. The van der Waals surface area contributed by atoms with Crippen molar-refractivity contribution in [3.8, 4) is 0 Å². The molecule has 1 amide bonds. The first kappa shape index (κ1) is 16.7. The number of amides is 1. The summed E-state index contributed by atoms with van der Waals surface area (Å²) in [7, 11) is 1.70. The van der Waals surface area contributed by atoms with Crippen molar-refractivity contribution in [1.29, 1.82) is 0 Å². The molecule has 1 saturated heterocycles. The van der Waals surface area contributed by atoms with E-state index in [1.807, 2.05) is 83.8 Å². The molecule has 28 heavy (non-hydrogen) atoms. The van der Waals surface area contributed by atoms with Crippen molar-refractivity contribution in [1.82, 2.24) is 4.90 Å². The molecule has 0 bridgehead atoms. The average Bonchev–Trinajstić information content (AvgIpc) is 3.19. The largest absolute Gasteiger partial charge is 0.456 e. The van der Waals surface area contributed by atoms with Crippen LogP contribution in [0.3, 0.4) is 0 Å². The first-order valence-electron chi connectivity index (χ1n) is 8.94. The Morgan fingerprint density at radius 3 is 2.43 bits per heavy atom. The number of thiocarbonyl (C=S) groups is 1. The summed E-state index contributed by atoms with van der Waals surface area (Å²) in [5.74, 6) is -0.119. The molecular weight excluding hydrogens is 368 g/mol. The molecule has 0 N–H and O–H groups in total. The number of carbonyl (C=O) groups excluding carboxylic acids is 1. The lowest BCUT2D eigenvalue weighted by molar-refractivity contribution is -0.121. The molecule has 5 rings (SSSR count). The highest BCUT2D eigenvalue weighted by atomic mass is 32.1. The first-order valence-corrected chi connectivity index (χ1v) is 9.34. The minimum Gasteiger partial charge on any atom is -0.456 e. The summed E-state index contributed by atoms with van der Waals surface area (Å²) in [6.07, 6.45) is 1.88. The van der Waals surface area contributed by atoms with Gasteiger partial charge in [-0.2, -0.15) is 0 Å². The van der Waals surface area contributed by atoms with E-state index >= 15 is 0 Å². The van der Waals surface area contributed by atoms with Crippen molar-refractivity contribution in [2.75, 3.05) is 11.9 Å². The van der Waals surface area contributed by atoms with Crippen LogP contribution in [0.2, 0.25) is 0 Å². The molecule has 4 nitrogen and oxygen atoms in total. The Labute approximate surface area is 167 Å². The highest BCUT2D eigenvalue weighted by Crippen LogP contribution is 2.32. The fourth-order valence-electron chi connectivity index (χ4n) is 3.55. The third-order valence-corrected chi connectivity index (χ3v) is 5.42. The monoisotopic (exact) mass is 384 g/mol. The van der Waals surface area contributed by atoms with Gasteiger partial charge in [-0.05, 0) is 54.2 Å². The van der Waals surface area contributed by atoms with Crippen molar-refractivity contribution in [3.63, 3.8) is 0 Å². The minimum atomic E-state index is -0.119. The van der Waals surface area contributed by atoms with Crippen LogP contribution >= 0.6 is 12.2 Å². The van der Waals surface area contributed by atoms with E-state index in [0.29, 0.717) is 10.8 Å². The van der Waals surface area contributed by atoms with Gasteiger partial charge >= 0.3 is 0 Å². The van der Waals surface area contributed by atoms with Crippen molar-refractivity contribution >= 4 is 56.9 Å². The molecule has 0 aliphatic carbocycles. The number of furan rings is 1. The van der Waals surface area contributed by atoms with Gasteiger partial charge in [0.15, 0.2) is 5.11 Å². The number of hydrogen-bond acceptors (Lipinski definition) is 3. The van der Waals surface area contributed by atoms with Crippen molar-refractivity contribution in [2.45, 2.75) is 0 Å². The van der Waals surface area contributed by atoms with Crippen LogP contribution in [0.5, 0.6) is 0 Å². The van der Waals surface area contributed by atoms with E-state index in [1.54, 1.807) is 7.05 Å². The van der Waals surface area contributed by atoms with E-state index < -0.39 is 0 Å². The Kier molecular flexibility index (Phi) is 3.77. The highest BCUT2D eigenvalue weighted by Gasteiger charge is 2.36. The van der Waals surface area contributed by atoms with Crippen molar-refractivity contribution in [2.24, 2.45) is 0 Å². The SMILES string of the molecule is CN1C(=O)C(=Cc2ccc3oc4ccccc4c3c2)N(c2ccccc2)C1=S. The predicted octanol–water partition coefficient (Wildman–Crippen LogP) is 5.19. The molecule has 0 spiro atoms. The van der Waals surface area contributed by atoms with Gasteiger partial charge in [-0.3, -0.25) is 14.6 Å². The molecule has 136 valence electrons. The average molecular weight is 384 g/mol. The zero-order valence-electron chi connectivity index (χ0n) is 15.1. The Morgan fingerprint density at radius 2 is 1.61 bits per heavy atom. The van der Waals surface area contributed by atoms with Gasteiger partial charge in [-0.25, -0.2) is 0 Å². The Bertz CT molecular complexity index is 1270. The quantitative estimate of drug-likeness (QED) is 0.352. The fourth-order valence-corrected chi connectivity index (χ4v) is 3.84. The zero-order chi connectivity index (χ0) is 19.3. The van der Waals surface area contributed by atoms with Gasteiger partial charge in [-0.15, -0.1) is 0 Å². The number of likely N-dealkylation sites (N-methyl/N-ethyl adjacent to an activating group) is 1. The fraction of sp³-hybridized carbons (Fsp3) is 0.0435. The van der Waals surface area contributed by atoms with Crippen molar-refractivity contribution in [3.05, 3.63) is 84.1 Å². The molecule has 0 radical (unpaired) electrons. The summed E-state index contributed by atoms with van der Waals surface area (Å²) in [6, 6.07) is 23.6. The third-order valence-electron chi connectivity index (χ3n) is 4.96. The molecule has 0 atom stereocenters. The van der Waals surface area contributed by atoms with E-state index in [0.717, 1.165) is 33.2 Å². The van der Waals surface area contributed by atoms with Crippen LogP contribution in [0, 0.1) is 0 Å². The molecule has 1 fully saturated rings. The maximum atomic E-state index is 12.8. The van der Waals surface area contributed by atoms with Gasteiger partial charge in [0, 0.05) is 23.5 Å². The van der Waals surface area contributed by atoms with Crippen LogP contribution in [0.15, 0.2) is 82.9 Å². The molecule has 3 aromatic carbocycles. The standard InChI is InChI=1S/C23H16N2O2S/c1-24-22(26)19(25(23(24)28)16-7-3-2-4-8-16)14-15-11-12-21-18(13-15)17-9-5-6-10-20(17)27-21/h2-14H,1H3. The number of carbonyl (C=O) groups is 1. The van der Waals surface area contributed by atoms with E-state index in [-0.39, 0.29) is 5.91 Å². The normalized spacial score (nSPS) is 16.1. The number of anilines is 1.